The fourth-order valence-corrected chi connectivity index (χ4v) is 6.73. The molecule has 3 aliphatic carbocycles. The van der Waals surface area contributed by atoms with E-state index in [2.05, 4.69) is 96.7 Å². The summed E-state index contributed by atoms with van der Waals surface area (Å²) in [6, 6.07) is 18.2. The molecule has 0 radical (unpaired) electrons. The van der Waals surface area contributed by atoms with Crippen LogP contribution in [0.2, 0.25) is 0 Å². The van der Waals surface area contributed by atoms with E-state index < -0.39 is 0 Å². The first-order valence-corrected chi connectivity index (χ1v) is 13.1. The van der Waals surface area contributed by atoms with E-state index >= 15 is 0 Å². The van der Waals surface area contributed by atoms with E-state index in [0.717, 1.165) is 27.6 Å². The average Bonchev–Trinajstić information content (AvgIpc) is 3.16. The predicted octanol–water partition coefficient (Wildman–Crippen LogP) is 8.95. The van der Waals surface area contributed by atoms with Crippen molar-refractivity contribution in [3.8, 4) is 17.1 Å². The molecule has 4 aromatic rings. The third-order valence-electron chi connectivity index (χ3n) is 8.01. The van der Waals surface area contributed by atoms with Crippen molar-refractivity contribution in [1.82, 2.24) is 9.55 Å². The molecular weight excluding hydrogens is 468 g/mol. The average molecular weight is 499 g/mol. The van der Waals surface area contributed by atoms with Gasteiger partial charge in [-0.1, -0.05) is 54.0 Å². The molecule has 2 bridgehead atoms. The van der Waals surface area contributed by atoms with Gasteiger partial charge >= 0.3 is 0 Å². The number of hydrogen-bond acceptors (Lipinski definition) is 1. The maximum absolute atomic E-state index is 5.36. The number of hydrogen-bond donors (Lipinski definition) is 0. The number of aromatic nitrogens is 2. The van der Waals surface area contributed by atoms with E-state index in [1.165, 1.54) is 59.1 Å². The highest BCUT2D eigenvalue weighted by Crippen LogP contribution is 2.51. The zero-order valence-electron chi connectivity index (χ0n) is 20.0. The molecule has 0 saturated heterocycles. The Morgan fingerprint density at radius 3 is 2.15 bits per heavy atom. The fraction of sp³-hybridized carbons (Fsp3) is 0.367. The quantitative estimate of drug-likeness (QED) is 0.275. The van der Waals surface area contributed by atoms with Gasteiger partial charge in [0.05, 0.1) is 16.7 Å². The summed E-state index contributed by atoms with van der Waals surface area (Å²) in [5.74, 6) is 2.92. The molecule has 0 spiro atoms. The highest BCUT2D eigenvalue weighted by atomic mass is 79.9. The van der Waals surface area contributed by atoms with E-state index in [1.54, 1.807) is 11.1 Å². The molecule has 3 aliphatic rings. The third-order valence-corrected chi connectivity index (χ3v) is 8.50. The van der Waals surface area contributed by atoms with Gasteiger partial charge in [0.2, 0.25) is 0 Å². The second kappa shape index (κ2) is 7.84. The Bertz CT molecular complexity index is 1370. The van der Waals surface area contributed by atoms with Crippen LogP contribution in [0, 0.1) is 13.8 Å². The Hall–Kier alpha value is -2.39. The van der Waals surface area contributed by atoms with Gasteiger partial charge in [0.1, 0.15) is 5.82 Å². The molecule has 0 atom stereocenters. The number of para-hydroxylation sites is 1. The molecule has 0 N–H and O–H groups in total. The normalized spacial score (nSPS) is 19.5. The van der Waals surface area contributed by atoms with Crippen LogP contribution in [0.25, 0.3) is 28.1 Å². The van der Waals surface area contributed by atoms with Gasteiger partial charge in [-0.2, -0.15) is 0 Å². The number of halogens is 1. The Kier molecular flexibility index (Phi) is 5.03. The zero-order chi connectivity index (χ0) is 22.9. The standard InChI is InChI=1S/C30H31BrN2/c1-17(2)23-13-12-22(31)14-26(23)30-32-27-15-24-20-8-10-21(11-9-20)25(24)16-28(27)33(30)29-18(3)6-5-7-19(29)4/h5-7,12-17,20-21H,8-11H2,1-4H3. The highest BCUT2D eigenvalue weighted by Gasteiger charge is 2.34. The van der Waals surface area contributed by atoms with E-state index in [9.17, 15) is 0 Å². The van der Waals surface area contributed by atoms with Crippen LogP contribution < -0.4 is 0 Å². The Morgan fingerprint density at radius 2 is 1.52 bits per heavy atom. The largest absolute Gasteiger partial charge is 0.292 e. The van der Waals surface area contributed by atoms with Crippen molar-refractivity contribution in [2.75, 3.05) is 0 Å². The van der Waals surface area contributed by atoms with Crippen LogP contribution in [0.5, 0.6) is 0 Å². The smallest absolute Gasteiger partial charge is 0.146 e. The lowest BCUT2D eigenvalue weighted by Gasteiger charge is -2.38. The molecule has 3 aromatic carbocycles. The summed E-state index contributed by atoms with van der Waals surface area (Å²) in [7, 11) is 0. The maximum atomic E-state index is 5.36. The SMILES string of the molecule is Cc1cccc(C)c1-n1c(-c2cc(Br)ccc2C(C)C)nc2cc3c(cc21)C1CCC3CC1. The van der Waals surface area contributed by atoms with Gasteiger partial charge < -0.3 is 0 Å². The van der Waals surface area contributed by atoms with Crippen molar-refractivity contribution in [2.45, 2.75) is 71.1 Å². The third kappa shape index (κ3) is 3.31. The summed E-state index contributed by atoms with van der Waals surface area (Å²) in [5.41, 5.74) is 11.9. The number of nitrogens with zero attached hydrogens (tertiary/aromatic N) is 2. The highest BCUT2D eigenvalue weighted by molar-refractivity contribution is 9.10. The summed E-state index contributed by atoms with van der Waals surface area (Å²) in [4.78, 5) is 5.36. The zero-order valence-corrected chi connectivity index (χ0v) is 21.5. The molecule has 0 amide bonds. The number of imidazole rings is 1. The first-order chi connectivity index (χ1) is 15.9. The van der Waals surface area contributed by atoms with Crippen LogP contribution in [0.3, 0.4) is 0 Å². The minimum atomic E-state index is 0.420. The van der Waals surface area contributed by atoms with Gasteiger partial charge in [-0.15, -0.1) is 0 Å². The van der Waals surface area contributed by atoms with Crippen molar-refractivity contribution in [1.29, 1.82) is 0 Å². The van der Waals surface area contributed by atoms with Crippen molar-refractivity contribution >= 4 is 27.0 Å². The number of aryl methyl sites for hydroxylation is 2. The number of benzene rings is 3. The van der Waals surface area contributed by atoms with Gasteiger partial charge in [-0.05, 0) is 109 Å². The minimum absolute atomic E-state index is 0.420. The molecule has 0 aliphatic heterocycles. The molecule has 0 unspecified atom stereocenters. The van der Waals surface area contributed by atoms with Crippen LogP contribution in [-0.2, 0) is 0 Å². The van der Waals surface area contributed by atoms with Crippen LogP contribution >= 0.6 is 15.9 Å². The van der Waals surface area contributed by atoms with Crippen molar-refractivity contribution in [3.63, 3.8) is 0 Å². The summed E-state index contributed by atoms with van der Waals surface area (Å²) in [6.45, 7) is 9.00. The van der Waals surface area contributed by atoms with Crippen LogP contribution in [0.15, 0.2) is 53.0 Å². The van der Waals surface area contributed by atoms with Crippen LogP contribution in [0.1, 0.15) is 85.1 Å². The lowest BCUT2D eigenvalue weighted by atomic mass is 9.67. The molecule has 7 rings (SSSR count). The van der Waals surface area contributed by atoms with Gasteiger partial charge in [-0.25, -0.2) is 4.98 Å². The molecule has 1 saturated carbocycles. The van der Waals surface area contributed by atoms with E-state index in [1.807, 2.05) is 0 Å². The van der Waals surface area contributed by atoms with Crippen molar-refractivity contribution in [3.05, 3.63) is 80.8 Å². The Balaban J connectivity index is 1.73. The summed E-state index contributed by atoms with van der Waals surface area (Å²) < 4.78 is 3.55. The summed E-state index contributed by atoms with van der Waals surface area (Å²) in [6.07, 6.45) is 5.38. The van der Waals surface area contributed by atoms with Crippen LogP contribution in [-0.4, -0.2) is 9.55 Å². The predicted molar refractivity (Wildman–Crippen MR) is 142 cm³/mol. The maximum Gasteiger partial charge on any atom is 0.146 e. The summed E-state index contributed by atoms with van der Waals surface area (Å²) >= 11 is 3.74. The van der Waals surface area contributed by atoms with Gasteiger partial charge in [0.25, 0.3) is 0 Å². The minimum Gasteiger partial charge on any atom is -0.292 e. The topological polar surface area (TPSA) is 17.8 Å². The molecule has 3 heteroatoms. The molecule has 168 valence electrons. The monoisotopic (exact) mass is 498 g/mol. The van der Waals surface area contributed by atoms with Crippen molar-refractivity contribution < 1.29 is 0 Å². The van der Waals surface area contributed by atoms with Gasteiger partial charge in [0, 0.05) is 10.0 Å². The first kappa shape index (κ1) is 21.2. The molecule has 1 aromatic heterocycles. The van der Waals surface area contributed by atoms with E-state index in [4.69, 9.17) is 4.98 Å². The Morgan fingerprint density at radius 1 is 0.879 bits per heavy atom. The van der Waals surface area contributed by atoms with Gasteiger partial charge in [0.15, 0.2) is 0 Å². The first-order valence-electron chi connectivity index (χ1n) is 12.3. The second-order valence-corrected chi connectivity index (χ2v) is 11.3. The molecular formula is C30H31BrN2. The molecule has 33 heavy (non-hydrogen) atoms. The van der Waals surface area contributed by atoms with Crippen LogP contribution in [0.4, 0.5) is 0 Å². The Labute approximate surface area is 205 Å². The van der Waals surface area contributed by atoms with Gasteiger partial charge in [-0.3, -0.25) is 4.57 Å². The molecule has 1 heterocycles. The molecule has 2 nitrogen and oxygen atoms in total. The lowest BCUT2D eigenvalue weighted by Crippen LogP contribution is -2.21. The number of fused-ring (bicyclic) bond motifs is 3. The summed E-state index contributed by atoms with van der Waals surface area (Å²) in [5, 5.41) is 0. The lowest BCUT2D eigenvalue weighted by molar-refractivity contribution is 0.359. The van der Waals surface area contributed by atoms with Crippen molar-refractivity contribution in [2.24, 2.45) is 0 Å². The fourth-order valence-electron chi connectivity index (χ4n) is 6.37. The van der Waals surface area contributed by atoms with E-state index in [-0.39, 0.29) is 0 Å². The van der Waals surface area contributed by atoms with E-state index in [0.29, 0.717) is 5.92 Å². The number of rotatable bonds is 3. The second-order valence-electron chi connectivity index (χ2n) is 10.4. The molecule has 1 fully saturated rings.